The van der Waals surface area contributed by atoms with Gasteiger partial charge in [0.1, 0.15) is 0 Å². The van der Waals surface area contributed by atoms with Gasteiger partial charge in [-0.2, -0.15) is 8.42 Å². The summed E-state index contributed by atoms with van der Waals surface area (Å²) >= 11 is 0. The van der Waals surface area contributed by atoms with E-state index in [9.17, 15) is 26.0 Å². The highest BCUT2D eigenvalue weighted by atomic mass is 32.2. The van der Waals surface area contributed by atoms with Crippen molar-refractivity contribution < 1.29 is 30.5 Å². The van der Waals surface area contributed by atoms with E-state index in [2.05, 4.69) is 0 Å². The van der Waals surface area contributed by atoms with Gasteiger partial charge in [0.25, 0.3) is 0 Å². The van der Waals surface area contributed by atoms with Crippen molar-refractivity contribution in [3.8, 4) is 0 Å². The first-order chi connectivity index (χ1) is 11.8. The lowest BCUT2D eigenvalue weighted by Gasteiger charge is -2.28. The molecule has 1 N–H and O–H groups in total. The number of benzene rings is 2. The maximum atomic E-state index is 14.5. The third kappa shape index (κ3) is 3.35. The van der Waals surface area contributed by atoms with Crippen LogP contribution in [0.1, 0.15) is 50.3 Å². The Morgan fingerprint density at radius 3 is 1.65 bits per heavy atom. The smallest absolute Gasteiger partial charge is 0.282 e. The highest BCUT2D eigenvalue weighted by Crippen LogP contribution is 2.39. The summed E-state index contributed by atoms with van der Waals surface area (Å²) in [6.45, 7) is 6.62. The molecule has 0 radical (unpaired) electrons. The Hall–Kier alpha value is -1.93. The molecule has 0 aliphatic heterocycles. The van der Waals surface area contributed by atoms with E-state index in [1.165, 1.54) is 13.8 Å². The number of hydrogen-bond acceptors (Lipinski definition) is 2. The van der Waals surface area contributed by atoms with Gasteiger partial charge in [-0.05, 0) is 17.0 Å². The van der Waals surface area contributed by atoms with Gasteiger partial charge in [-0.3, -0.25) is 4.55 Å². The van der Waals surface area contributed by atoms with Gasteiger partial charge in [-0.15, -0.1) is 0 Å². The predicted molar refractivity (Wildman–Crippen MR) is 88.7 cm³/mol. The maximum Gasteiger partial charge on any atom is 0.300 e. The summed E-state index contributed by atoms with van der Waals surface area (Å²) in [6, 6.07) is 6.63. The van der Waals surface area contributed by atoms with Gasteiger partial charge >= 0.3 is 10.1 Å². The molecule has 0 aliphatic rings. The van der Waals surface area contributed by atoms with E-state index in [0.717, 1.165) is 5.56 Å². The third-order valence-corrected chi connectivity index (χ3v) is 5.28. The van der Waals surface area contributed by atoms with Crippen LogP contribution in [-0.4, -0.2) is 13.0 Å². The molecule has 0 saturated carbocycles. The molecule has 0 aliphatic carbocycles. The lowest BCUT2D eigenvalue weighted by atomic mass is 9.77. The number of halogens is 4. The zero-order chi connectivity index (χ0) is 20.0. The van der Waals surface area contributed by atoms with Crippen LogP contribution in [0.15, 0.2) is 29.2 Å². The molecular weight excluding hydrogens is 372 g/mol. The van der Waals surface area contributed by atoms with Gasteiger partial charge in [-0.25, -0.2) is 17.6 Å². The zero-order valence-corrected chi connectivity index (χ0v) is 15.4. The largest absolute Gasteiger partial charge is 0.300 e. The minimum atomic E-state index is -5.48. The van der Waals surface area contributed by atoms with Crippen molar-refractivity contribution >= 4 is 10.1 Å². The van der Waals surface area contributed by atoms with Gasteiger partial charge in [0.2, 0.25) is 0 Å². The highest BCUT2D eigenvalue weighted by Gasteiger charge is 2.38. The first-order valence-electron chi connectivity index (χ1n) is 7.74. The molecule has 2 aromatic carbocycles. The van der Waals surface area contributed by atoms with Crippen molar-refractivity contribution in [1.82, 2.24) is 0 Å². The summed E-state index contributed by atoms with van der Waals surface area (Å²) in [7, 11) is -5.48. The molecule has 0 heterocycles. The fourth-order valence-electron chi connectivity index (χ4n) is 2.82. The van der Waals surface area contributed by atoms with Crippen LogP contribution in [0.5, 0.6) is 0 Å². The van der Waals surface area contributed by atoms with Crippen LogP contribution in [0.25, 0.3) is 0 Å². The fraction of sp³-hybridized carbons (Fsp3) is 0.333. The van der Waals surface area contributed by atoms with Crippen molar-refractivity contribution in [3.05, 3.63) is 64.2 Å². The van der Waals surface area contributed by atoms with E-state index < -0.39 is 49.3 Å². The second kappa shape index (κ2) is 6.66. The van der Waals surface area contributed by atoms with Crippen LogP contribution in [0.4, 0.5) is 17.6 Å². The molecular formula is C18H18F4O3S. The average Bonchev–Trinajstić information content (AvgIpc) is 2.52. The second-order valence-corrected chi connectivity index (χ2v) is 8.20. The molecule has 0 amide bonds. The van der Waals surface area contributed by atoms with E-state index in [0.29, 0.717) is 5.56 Å². The Bertz CT molecular complexity index is 920. The molecule has 142 valence electrons. The van der Waals surface area contributed by atoms with Gasteiger partial charge in [0.05, 0.1) is 0 Å². The predicted octanol–water partition coefficient (Wildman–Crippen LogP) is 4.94. The van der Waals surface area contributed by atoms with E-state index in [1.54, 1.807) is 24.3 Å². The molecule has 0 bridgehead atoms. The molecule has 2 aromatic rings. The van der Waals surface area contributed by atoms with E-state index in [1.807, 2.05) is 13.8 Å². The quantitative estimate of drug-likeness (QED) is 0.457. The molecule has 3 nitrogen and oxygen atoms in total. The molecule has 0 unspecified atom stereocenters. The Labute approximate surface area is 149 Å². The summed E-state index contributed by atoms with van der Waals surface area (Å²) in [4.78, 5) is -2.04. The SMILES string of the molecule is CC(C)c1ccc(C(C)(C)c2c(F)c(F)c(S(=O)(=O)O)c(F)c2F)cc1. The van der Waals surface area contributed by atoms with Crippen LogP contribution in [0.3, 0.4) is 0 Å². The van der Waals surface area contributed by atoms with Gasteiger partial charge in [0.15, 0.2) is 28.2 Å². The second-order valence-electron chi connectivity index (χ2n) is 6.84. The summed E-state index contributed by atoms with van der Waals surface area (Å²) in [5.74, 6) is -7.84. The highest BCUT2D eigenvalue weighted by molar-refractivity contribution is 7.85. The fourth-order valence-corrected chi connectivity index (χ4v) is 3.45. The van der Waals surface area contributed by atoms with E-state index in [-0.39, 0.29) is 5.92 Å². The van der Waals surface area contributed by atoms with Crippen LogP contribution in [-0.2, 0) is 15.5 Å². The van der Waals surface area contributed by atoms with Gasteiger partial charge in [-0.1, -0.05) is 52.0 Å². The summed E-state index contributed by atoms with van der Waals surface area (Å²) in [6.07, 6.45) is 0. The van der Waals surface area contributed by atoms with E-state index >= 15 is 0 Å². The molecule has 0 spiro atoms. The molecule has 26 heavy (non-hydrogen) atoms. The first-order valence-corrected chi connectivity index (χ1v) is 9.18. The maximum absolute atomic E-state index is 14.5. The summed E-state index contributed by atoms with van der Waals surface area (Å²) < 4.78 is 88.1. The molecule has 2 rings (SSSR count). The lowest BCUT2D eigenvalue weighted by molar-refractivity contribution is 0.378. The van der Waals surface area contributed by atoms with Crippen molar-refractivity contribution in [2.24, 2.45) is 0 Å². The van der Waals surface area contributed by atoms with Crippen molar-refractivity contribution in [3.63, 3.8) is 0 Å². The molecule has 0 atom stereocenters. The number of rotatable bonds is 4. The van der Waals surface area contributed by atoms with Crippen LogP contribution in [0.2, 0.25) is 0 Å². The van der Waals surface area contributed by atoms with Crippen molar-refractivity contribution in [2.75, 3.05) is 0 Å². The number of hydrogen-bond donors (Lipinski definition) is 1. The van der Waals surface area contributed by atoms with Gasteiger partial charge < -0.3 is 0 Å². The van der Waals surface area contributed by atoms with Crippen LogP contribution >= 0.6 is 0 Å². The monoisotopic (exact) mass is 390 g/mol. The van der Waals surface area contributed by atoms with E-state index in [4.69, 9.17) is 4.55 Å². The third-order valence-electron chi connectivity index (χ3n) is 4.41. The molecule has 0 aromatic heterocycles. The summed E-state index contributed by atoms with van der Waals surface area (Å²) in [5.41, 5.74) is -1.14. The normalized spacial score (nSPS) is 12.7. The summed E-state index contributed by atoms with van der Waals surface area (Å²) in [5, 5.41) is 0. The van der Waals surface area contributed by atoms with Crippen LogP contribution < -0.4 is 0 Å². The molecule has 8 heteroatoms. The minimum Gasteiger partial charge on any atom is -0.282 e. The Morgan fingerprint density at radius 1 is 0.885 bits per heavy atom. The first kappa shape index (κ1) is 20.4. The van der Waals surface area contributed by atoms with Crippen molar-refractivity contribution in [2.45, 2.75) is 43.9 Å². The topological polar surface area (TPSA) is 54.4 Å². The van der Waals surface area contributed by atoms with Crippen LogP contribution in [0, 0.1) is 23.3 Å². The Morgan fingerprint density at radius 2 is 1.31 bits per heavy atom. The zero-order valence-electron chi connectivity index (χ0n) is 14.6. The minimum absolute atomic E-state index is 0.213. The lowest BCUT2D eigenvalue weighted by Crippen LogP contribution is -2.26. The average molecular weight is 390 g/mol. The Balaban J connectivity index is 2.74. The standard InChI is InChI=1S/C18H18F4O3S/c1-9(2)10-5-7-11(8-6-10)18(3,4)12-13(19)15(21)17(26(23,24)25)16(22)14(12)20/h5-9H,1-4H3,(H,23,24,25). The molecule has 0 saturated heterocycles. The Kier molecular flexibility index (Phi) is 5.22. The van der Waals surface area contributed by atoms with Gasteiger partial charge in [0, 0.05) is 11.0 Å². The molecule has 0 fully saturated rings. The van der Waals surface area contributed by atoms with Crippen molar-refractivity contribution in [1.29, 1.82) is 0 Å².